The van der Waals surface area contributed by atoms with E-state index in [1.54, 1.807) is 91.1 Å². The number of carboxylic acids is 2. The van der Waals surface area contributed by atoms with Crippen molar-refractivity contribution >= 4 is 11.9 Å². The molecular formula is C46H47FN4O8. The largest absolute Gasteiger partial charge is 0.486 e. The van der Waals surface area contributed by atoms with Crippen LogP contribution in [0.2, 0.25) is 0 Å². The molecule has 306 valence electrons. The molecule has 0 saturated heterocycles. The Balaban J connectivity index is 0.000000224. The van der Waals surface area contributed by atoms with Gasteiger partial charge in [-0.2, -0.15) is 0 Å². The van der Waals surface area contributed by atoms with Gasteiger partial charge in [0.1, 0.15) is 52.5 Å². The summed E-state index contributed by atoms with van der Waals surface area (Å²) in [5.41, 5.74) is 1.86. The second-order valence-electron chi connectivity index (χ2n) is 13.5. The number of nitrogens with zero attached hydrogens (tertiary/aromatic N) is 4. The molecule has 59 heavy (non-hydrogen) atoms. The lowest BCUT2D eigenvalue weighted by Gasteiger charge is -2.22. The molecule has 0 aliphatic heterocycles. The van der Waals surface area contributed by atoms with Gasteiger partial charge in [0, 0.05) is 38.3 Å². The van der Waals surface area contributed by atoms with E-state index >= 15 is 0 Å². The first-order valence-electron chi connectivity index (χ1n) is 18.9. The highest BCUT2D eigenvalue weighted by Crippen LogP contribution is 2.30. The molecule has 6 aromatic rings. The Morgan fingerprint density at radius 2 is 0.949 bits per heavy atom. The molecule has 13 heteroatoms. The maximum absolute atomic E-state index is 13.3. The van der Waals surface area contributed by atoms with Gasteiger partial charge in [-0.25, -0.2) is 4.39 Å². The molecule has 0 aliphatic rings. The van der Waals surface area contributed by atoms with Crippen molar-refractivity contribution in [3.63, 3.8) is 0 Å². The molecule has 0 bridgehead atoms. The molecule has 0 amide bonds. The van der Waals surface area contributed by atoms with E-state index in [0.717, 1.165) is 16.9 Å². The van der Waals surface area contributed by atoms with Crippen LogP contribution in [0.5, 0.6) is 34.5 Å². The van der Waals surface area contributed by atoms with Crippen molar-refractivity contribution in [1.29, 1.82) is 0 Å². The molecule has 12 nitrogen and oxygen atoms in total. The third kappa shape index (κ3) is 15.6. The van der Waals surface area contributed by atoms with Crippen molar-refractivity contribution < 1.29 is 43.1 Å². The molecule has 2 aromatic heterocycles. The van der Waals surface area contributed by atoms with Crippen molar-refractivity contribution in [3.05, 3.63) is 169 Å². The van der Waals surface area contributed by atoms with E-state index in [0.29, 0.717) is 54.7 Å². The molecule has 0 spiro atoms. The second kappa shape index (κ2) is 22.8. The number of aromatic nitrogens is 2. The number of ether oxygens (including phenoxy) is 4. The summed E-state index contributed by atoms with van der Waals surface area (Å²) in [7, 11) is 3.53. The molecule has 2 unspecified atom stereocenters. The Kier molecular flexibility index (Phi) is 16.7. The topological polar surface area (TPSA) is 144 Å². The zero-order chi connectivity index (χ0) is 41.8. The van der Waals surface area contributed by atoms with Crippen LogP contribution in [-0.2, 0) is 9.59 Å². The van der Waals surface area contributed by atoms with Crippen LogP contribution < -0.4 is 18.9 Å². The summed E-state index contributed by atoms with van der Waals surface area (Å²) in [4.78, 5) is 33.3. The Morgan fingerprint density at radius 3 is 1.34 bits per heavy atom. The predicted octanol–water partition coefficient (Wildman–Crippen LogP) is 8.94. The first kappa shape index (κ1) is 43.3. The third-order valence-corrected chi connectivity index (χ3v) is 8.71. The SMILES string of the molecule is CN(CCC(Oc1ccc(Oc2cccnc2)cc1)c1ccc(F)cc1)CC(=O)O.CN(CCC(Oc1ccc(Oc2cccnc2)cc1)c1ccccc1)CC(=O)O. The number of likely N-dealkylation sites (N-methyl/N-ethyl adjacent to an activating group) is 2. The number of carboxylic acid groups (broad SMARTS) is 2. The minimum atomic E-state index is -0.888. The Hall–Kier alpha value is -6.83. The molecule has 4 aromatic carbocycles. The monoisotopic (exact) mass is 802 g/mol. The smallest absolute Gasteiger partial charge is 0.317 e. The van der Waals surface area contributed by atoms with Crippen LogP contribution >= 0.6 is 0 Å². The first-order valence-corrected chi connectivity index (χ1v) is 18.9. The van der Waals surface area contributed by atoms with Crippen LogP contribution in [0.1, 0.15) is 36.2 Å². The molecule has 2 heterocycles. The minimum absolute atomic E-state index is 0.00187. The Morgan fingerprint density at radius 1 is 0.542 bits per heavy atom. The highest BCUT2D eigenvalue weighted by molar-refractivity contribution is 5.69. The summed E-state index contributed by atoms with van der Waals surface area (Å²) >= 11 is 0. The number of benzene rings is 4. The highest BCUT2D eigenvalue weighted by Gasteiger charge is 2.17. The summed E-state index contributed by atoms with van der Waals surface area (Å²) < 4.78 is 37.2. The highest BCUT2D eigenvalue weighted by atomic mass is 19.1. The average molecular weight is 803 g/mol. The lowest BCUT2D eigenvalue weighted by Crippen LogP contribution is -2.28. The van der Waals surface area contributed by atoms with Gasteiger partial charge in [0.25, 0.3) is 0 Å². The molecule has 0 saturated carbocycles. The van der Waals surface area contributed by atoms with Crippen LogP contribution in [0, 0.1) is 5.82 Å². The van der Waals surface area contributed by atoms with Gasteiger partial charge in [-0.05, 0) is 110 Å². The lowest BCUT2D eigenvalue weighted by molar-refractivity contribution is -0.139. The maximum atomic E-state index is 13.3. The summed E-state index contributed by atoms with van der Waals surface area (Å²) in [6.45, 7) is 1.06. The lowest BCUT2D eigenvalue weighted by atomic mass is 10.1. The molecule has 0 aliphatic carbocycles. The minimum Gasteiger partial charge on any atom is -0.486 e. The van der Waals surface area contributed by atoms with Gasteiger partial charge in [0.15, 0.2) is 0 Å². The van der Waals surface area contributed by atoms with Crippen LogP contribution in [0.4, 0.5) is 4.39 Å². The summed E-state index contributed by atoms with van der Waals surface area (Å²) in [6.07, 6.45) is 7.33. The van der Waals surface area contributed by atoms with Crippen LogP contribution in [0.3, 0.4) is 0 Å². The fourth-order valence-corrected chi connectivity index (χ4v) is 5.82. The maximum Gasteiger partial charge on any atom is 0.317 e. The fourth-order valence-electron chi connectivity index (χ4n) is 5.82. The van der Waals surface area contributed by atoms with Gasteiger partial charge in [-0.15, -0.1) is 0 Å². The van der Waals surface area contributed by atoms with Gasteiger partial charge >= 0.3 is 11.9 Å². The van der Waals surface area contributed by atoms with Crippen molar-refractivity contribution in [2.45, 2.75) is 25.0 Å². The van der Waals surface area contributed by atoms with Crippen LogP contribution in [0.25, 0.3) is 0 Å². The molecule has 6 rings (SSSR count). The van der Waals surface area contributed by atoms with Gasteiger partial charge in [0.05, 0.1) is 25.5 Å². The number of rotatable bonds is 20. The first-order chi connectivity index (χ1) is 28.6. The van der Waals surface area contributed by atoms with Crippen LogP contribution in [-0.4, -0.2) is 82.2 Å². The van der Waals surface area contributed by atoms with E-state index in [4.69, 9.17) is 29.2 Å². The van der Waals surface area contributed by atoms with Gasteiger partial charge in [0.2, 0.25) is 0 Å². The summed E-state index contributed by atoms with van der Waals surface area (Å²) in [5.74, 6) is 1.95. The molecule has 2 atom stereocenters. The summed E-state index contributed by atoms with van der Waals surface area (Å²) in [6, 6.07) is 37.9. The molecule has 0 radical (unpaired) electrons. The summed E-state index contributed by atoms with van der Waals surface area (Å²) in [5, 5.41) is 17.9. The number of hydrogen-bond donors (Lipinski definition) is 2. The van der Waals surface area contributed by atoms with Crippen molar-refractivity contribution in [3.8, 4) is 34.5 Å². The zero-order valence-electron chi connectivity index (χ0n) is 32.8. The number of aliphatic carboxylic acids is 2. The second-order valence-corrected chi connectivity index (χ2v) is 13.5. The predicted molar refractivity (Wildman–Crippen MR) is 221 cm³/mol. The van der Waals surface area contributed by atoms with Crippen LogP contribution in [0.15, 0.2) is 152 Å². The van der Waals surface area contributed by atoms with Crippen molar-refractivity contribution in [2.24, 2.45) is 0 Å². The third-order valence-electron chi connectivity index (χ3n) is 8.71. The molecule has 2 N–H and O–H groups in total. The Labute approximate surface area is 343 Å². The average Bonchev–Trinajstić information content (AvgIpc) is 3.23. The van der Waals surface area contributed by atoms with E-state index in [1.165, 1.54) is 12.1 Å². The van der Waals surface area contributed by atoms with E-state index < -0.39 is 11.9 Å². The zero-order valence-corrected chi connectivity index (χ0v) is 32.8. The van der Waals surface area contributed by atoms with Gasteiger partial charge in [-0.3, -0.25) is 29.4 Å². The quantitative estimate of drug-likeness (QED) is 0.0761. The van der Waals surface area contributed by atoms with E-state index in [1.807, 2.05) is 72.8 Å². The fraction of sp³-hybridized carbons (Fsp3) is 0.217. The van der Waals surface area contributed by atoms with E-state index in [-0.39, 0.29) is 31.1 Å². The molecule has 0 fully saturated rings. The van der Waals surface area contributed by atoms with Gasteiger partial charge < -0.3 is 29.2 Å². The number of pyridine rings is 2. The molecular weight excluding hydrogens is 756 g/mol. The van der Waals surface area contributed by atoms with E-state index in [2.05, 4.69) is 9.97 Å². The van der Waals surface area contributed by atoms with Gasteiger partial charge in [-0.1, -0.05) is 42.5 Å². The van der Waals surface area contributed by atoms with E-state index in [9.17, 15) is 14.0 Å². The number of hydrogen-bond acceptors (Lipinski definition) is 10. The standard InChI is InChI=1S/C23H23FN2O4.C23H24N2O4/c1-26(16-23(27)28)14-12-22(17-4-6-18(24)7-5-17)30-20-10-8-19(9-11-20)29-21-3-2-13-25-15-21;1-25(17-23(26)27)15-13-22(18-6-3-2-4-7-18)29-20-11-9-19(10-12-20)28-21-8-5-14-24-16-21/h2-11,13,15,22H,12,14,16H2,1H3,(H,27,28);2-12,14,16,22H,13,15,17H2,1H3,(H,26,27). The number of halogens is 1. The number of carbonyl (C=O) groups is 2. The van der Waals surface area contributed by atoms with Crippen molar-refractivity contribution in [2.75, 3.05) is 40.3 Å². The van der Waals surface area contributed by atoms with Crippen molar-refractivity contribution in [1.82, 2.24) is 19.8 Å². The normalized spacial score (nSPS) is 11.8. The Bertz CT molecular complexity index is 2130.